The van der Waals surface area contributed by atoms with Crippen molar-refractivity contribution in [3.63, 3.8) is 0 Å². The van der Waals surface area contributed by atoms with Gasteiger partial charge in [-0.2, -0.15) is 0 Å². The van der Waals surface area contributed by atoms with E-state index in [2.05, 4.69) is 64.8 Å². The molecule has 0 aliphatic carbocycles. The number of aryl methyl sites for hydroxylation is 3. The van der Waals surface area contributed by atoms with Gasteiger partial charge >= 0.3 is 186 Å². The van der Waals surface area contributed by atoms with Crippen LogP contribution >= 0.6 is 0 Å². The van der Waals surface area contributed by atoms with E-state index >= 15 is 0 Å². The maximum absolute atomic E-state index is 11.2. The molecule has 6 nitrogen and oxygen atoms in total. The number of benzene rings is 1. The van der Waals surface area contributed by atoms with Crippen molar-refractivity contribution in [2.24, 2.45) is 0 Å². The number of nitrogens with one attached hydrogen (secondary N) is 1. The molecule has 30 heavy (non-hydrogen) atoms. The van der Waals surface area contributed by atoms with Gasteiger partial charge in [-0.1, -0.05) is 0 Å². The fraction of sp³-hybridized carbons (Fsp3) is 0.435. The van der Waals surface area contributed by atoms with E-state index in [4.69, 9.17) is 0 Å². The summed E-state index contributed by atoms with van der Waals surface area (Å²) in [5.74, 6) is -0.0418. The van der Waals surface area contributed by atoms with Crippen LogP contribution in [-0.2, 0) is 17.8 Å². The summed E-state index contributed by atoms with van der Waals surface area (Å²) in [5, 5.41) is 5.20. The van der Waals surface area contributed by atoms with Crippen molar-refractivity contribution in [2.45, 2.75) is 45.4 Å². The van der Waals surface area contributed by atoms with Crippen molar-refractivity contribution in [3.8, 4) is 0 Å². The average molecular weight is 468 g/mol. The van der Waals surface area contributed by atoms with Gasteiger partial charge < -0.3 is 0 Å². The van der Waals surface area contributed by atoms with Crippen molar-refractivity contribution in [1.29, 1.82) is 0 Å². The van der Waals surface area contributed by atoms with Gasteiger partial charge in [0.05, 0.1) is 0 Å². The van der Waals surface area contributed by atoms with Crippen molar-refractivity contribution >= 4 is 42.9 Å². The SMILES string of the molecule is CC(=O)Nc1ccc(CC[As]c2ncnc3c2c(C)c(C)n3CCCN(C)C)cc1. The summed E-state index contributed by atoms with van der Waals surface area (Å²) in [5.41, 5.74) is 5.85. The van der Waals surface area contributed by atoms with Gasteiger partial charge in [0, 0.05) is 0 Å². The fourth-order valence-corrected chi connectivity index (χ4v) is 6.03. The van der Waals surface area contributed by atoms with Crippen LogP contribution in [0.1, 0.15) is 30.2 Å². The number of amides is 1. The van der Waals surface area contributed by atoms with Crippen molar-refractivity contribution in [3.05, 3.63) is 47.4 Å². The van der Waals surface area contributed by atoms with Gasteiger partial charge in [0.25, 0.3) is 0 Å². The monoisotopic (exact) mass is 468 g/mol. The molecular weight excluding hydrogens is 437 g/mol. The van der Waals surface area contributed by atoms with E-state index in [0.717, 1.165) is 42.5 Å². The van der Waals surface area contributed by atoms with Gasteiger partial charge in [0.15, 0.2) is 0 Å². The Labute approximate surface area is 185 Å². The van der Waals surface area contributed by atoms with Gasteiger partial charge in [-0.25, -0.2) is 0 Å². The van der Waals surface area contributed by atoms with Gasteiger partial charge in [0.1, 0.15) is 0 Å². The van der Waals surface area contributed by atoms with Crippen LogP contribution in [0.15, 0.2) is 30.6 Å². The summed E-state index contributed by atoms with van der Waals surface area (Å²) in [6.45, 7) is 7.99. The minimum absolute atomic E-state index is 0.0391. The Morgan fingerprint density at radius 2 is 1.90 bits per heavy atom. The molecule has 0 aliphatic rings. The van der Waals surface area contributed by atoms with Crippen LogP contribution in [0.25, 0.3) is 11.0 Å². The Balaban J connectivity index is 1.69. The molecule has 1 amide bonds. The molecule has 159 valence electrons. The molecule has 1 aromatic carbocycles. The number of carbonyl (C=O) groups excluding carboxylic acids is 1. The number of carbonyl (C=O) groups is 1. The van der Waals surface area contributed by atoms with E-state index in [1.54, 1.807) is 6.33 Å². The first kappa shape index (κ1) is 22.5. The summed E-state index contributed by atoms with van der Waals surface area (Å²) in [4.78, 5) is 22.7. The van der Waals surface area contributed by atoms with E-state index in [1.165, 1.54) is 33.6 Å². The third kappa shape index (κ3) is 5.50. The van der Waals surface area contributed by atoms with E-state index in [0.29, 0.717) is 0 Å². The molecule has 0 fully saturated rings. The van der Waals surface area contributed by atoms with Crippen molar-refractivity contribution in [2.75, 3.05) is 26.0 Å². The summed E-state index contributed by atoms with van der Waals surface area (Å²) >= 11 is -0.0391. The number of anilines is 1. The van der Waals surface area contributed by atoms with Crippen molar-refractivity contribution < 1.29 is 4.79 Å². The molecule has 1 N–H and O–H groups in total. The standard InChI is InChI=1S/C23H31AsN5O/c1-16-17(2)29(14-6-13-28(4)5)23-21(16)22(25-15-26-23)24-12-11-19-7-9-20(10-8-19)27-18(3)30/h7-10,15H,6,11-14H2,1-5H3,(H,27,30). The molecule has 7 heteroatoms. The maximum atomic E-state index is 11.2. The summed E-state index contributed by atoms with van der Waals surface area (Å²) < 4.78 is 3.60. The van der Waals surface area contributed by atoms with E-state index in [1.807, 2.05) is 12.1 Å². The topological polar surface area (TPSA) is 63.1 Å². The Kier molecular flexibility index (Phi) is 7.68. The molecule has 0 spiro atoms. The first-order valence-electron chi connectivity index (χ1n) is 10.4. The molecule has 0 bridgehead atoms. The van der Waals surface area contributed by atoms with E-state index in [-0.39, 0.29) is 21.7 Å². The zero-order valence-electron chi connectivity index (χ0n) is 18.6. The van der Waals surface area contributed by atoms with Gasteiger partial charge in [-0.3, -0.25) is 0 Å². The third-order valence-electron chi connectivity index (χ3n) is 5.31. The third-order valence-corrected chi connectivity index (χ3v) is 7.59. The summed E-state index contributed by atoms with van der Waals surface area (Å²) in [6.07, 6.45) is 3.86. The molecule has 0 atom stereocenters. The fourth-order valence-electron chi connectivity index (χ4n) is 3.64. The molecule has 2 aromatic heterocycles. The van der Waals surface area contributed by atoms with E-state index in [9.17, 15) is 4.79 Å². The van der Waals surface area contributed by atoms with Crippen LogP contribution < -0.4 is 9.80 Å². The second kappa shape index (κ2) is 10.2. The number of hydrogen-bond acceptors (Lipinski definition) is 4. The number of aromatic nitrogens is 3. The Morgan fingerprint density at radius 3 is 2.57 bits per heavy atom. The molecule has 2 heterocycles. The first-order valence-corrected chi connectivity index (χ1v) is 12.6. The molecule has 1 radical (unpaired) electrons. The predicted octanol–water partition coefficient (Wildman–Crippen LogP) is 2.95. The van der Waals surface area contributed by atoms with Crippen LogP contribution in [0.4, 0.5) is 5.69 Å². The predicted molar refractivity (Wildman–Crippen MR) is 125 cm³/mol. The molecular formula is C23H31AsN5O. The molecule has 0 unspecified atom stereocenters. The molecule has 3 aromatic rings. The van der Waals surface area contributed by atoms with Crippen LogP contribution in [0, 0.1) is 13.8 Å². The minimum atomic E-state index is -0.0418. The summed E-state index contributed by atoms with van der Waals surface area (Å²) in [7, 11) is 4.23. The zero-order valence-corrected chi connectivity index (χ0v) is 20.4. The number of fused-ring (bicyclic) bond motifs is 1. The quantitative estimate of drug-likeness (QED) is 0.491. The van der Waals surface area contributed by atoms with Crippen LogP contribution in [0.3, 0.4) is 0 Å². The van der Waals surface area contributed by atoms with Gasteiger partial charge in [-0.05, 0) is 0 Å². The van der Waals surface area contributed by atoms with Crippen molar-refractivity contribution in [1.82, 2.24) is 19.4 Å². The average Bonchev–Trinajstić information content (AvgIpc) is 2.94. The second-order valence-corrected chi connectivity index (χ2v) is 10.4. The Bertz CT molecular complexity index is 1010. The number of nitrogens with zero attached hydrogens (tertiary/aromatic N) is 4. The van der Waals surface area contributed by atoms with E-state index < -0.39 is 0 Å². The summed E-state index contributed by atoms with van der Waals surface area (Å²) in [6, 6.07) is 8.13. The van der Waals surface area contributed by atoms with Crippen LogP contribution in [0.2, 0.25) is 5.21 Å². The normalized spacial score (nSPS) is 11.8. The number of rotatable bonds is 9. The van der Waals surface area contributed by atoms with Crippen LogP contribution in [-0.4, -0.2) is 61.7 Å². The van der Waals surface area contributed by atoms with Gasteiger partial charge in [-0.15, -0.1) is 0 Å². The second-order valence-electron chi connectivity index (χ2n) is 7.92. The molecule has 0 saturated carbocycles. The molecule has 0 saturated heterocycles. The zero-order chi connectivity index (χ0) is 21.7. The number of hydrogen-bond donors (Lipinski definition) is 1. The van der Waals surface area contributed by atoms with Gasteiger partial charge in [0.2, 0.25) is 0 Å². The Morgan fingerprint density at radius 1 is 1.17 bits per heavy atom. The molecule has 0 aliphatic heterocycles. The molecule has 3 rings (SSSR count). The Hall–Kier alpha value is -2.17. The first-order chi connectivity index (χ1) is 14.4. The van der Waals surface area contributed by atoms with Crippen LogP contribution in [0.5, 0.6) is 0 Å².